The minimum absolute atomic E-state index is 0.0261. The van der Waals surface area contributed by atoms with Gasteiger partial charge in [-0.15, -0.1) is 0 Å². The van der Waals surface area contributed by atoms with Gasteiger partial charge in [0.15, 0.2) is 0 Å². The highest BCUT2D eigenvalue weighted by Crippen LogP contribution is 2.23. The van der Waals surface area contributed by atoms with Gasteiger partial charge in [-0.05, 0) is 43.1 Å². The second kappa shape index (κ2) is 5.97. The summed E-state index contributed by atoms with van der Waals surface area (Å²) in [7, 11) is 1.95. The number of halogens is 1. The molecule has 4 heteroatoms. The molecule has 3 nitrogen and oxygen atoms in total. The van der Waals surface area contributed by atoms with Crippen LogP contribution in [0, 0.1) is 12.7 Å². The molecular formula is C15H20FN3. The lowest BCUT2D eigenvalue weighted by atomic mass is 10.0. The molecule has 0 amide bonds. The maximum atomic E-state index is 13.6. The lowest BCUT2D eigenvalue weighted by Crippen LogP contribution is -2.25. The Labute approximate surface area is 113 Å². The fraction of sp³-hybridized carbons (Fsp3) is 0.400. The van der Waals surface area contributed by atoms with E-state index < -0.39 is 0 Å². The van der Waals surface area contributed by atoms with Crippen molar-refractivity contribution in [2.75, 3.05) is 6.54 Å². The van der Waals surface area contributed by atoms with Crippen molar-refractivity contribution in [3.05, 3.63) is 53.4 Å². The number of benzene rings is 1. The van der Waals surface area contributed by atoms with Crippen LogP contribution in [0.2, 0.25) is 0 Å². The number of hydrogen-bond acceptors (Lipinski definition) is 2. The van der Waals surface area contributed by atoms with Gasteiger partial charge in [0.05, 0.1) is 24.3 Å². The van der Waals surface area contributed by atoms with E-state index in [0.29, 0.717) is 0 Å². The lowest BCUT2D eigenvalue weighted by Gasteiger charge is -2.20. The van der Waals surface area contributed by atoms with Gasteiger partial charge in [-0.3, -0.25) is 0 Å². The van der Waals surface area contributed by atoms with Gasteiger partial charge in [0.2, 0.25) is 0 Å². The van der Waals surface area contributed by atoms with Crippen molar-refractivity contribution in [2.45, 2.75) is 26.3 Å². The summed E-state index contributed by atoms with van der Waals surface area (Å²) in [4.78, 5) is 4.15. The molecule has 0 saturated carbocycles. The molecule has 1 unspecified atom stereocenters. The van der Waals surface area contributed by atoms with E-state index in [4.69, 9.17) is 0 Å². The summed E-state index contributed by atoms with van der Waals surface area (Å²) < 4.78 is 15.6. The normalized spacial score (nSPS) is 12.6. The number of hydrogen-bond donors (Lipinski definition) is 1. The summed E-state index contributed by atoms with van der Waals surface area (Å²) in [6.45, 7) is 4.91. The Morgan fingerprint density at radius 3 is 2.74 bits per heavy atom. The van der Waals surface area contributed by atoms with Crippen molar-refractivity contribution in [1.82, 2.24) is 14.9 Å². The third-order valence-electron chi connectivity index (χ3n) is 3.15. The molecule has 1 heterocycles. The van der Waals surface area contributed by atoms with Crippen molar-refractivity contribution >= 4 is 0 Å². The SMILES string of the molecule is CCCNC(c1cc(C)cc(F)c1)c1cncn1C. The smallest absolute Gasteiger partial charge is 0.123 e. The number of imidazole rings is 1. The second-order valence-corrected chi connectivity index (χ2v) is 4.88. The molecule has 0 aliphatic carbocycles. The first-order valence-electron chi connectivity index (χ1n) is 6.58. The Morgan fingerprint density at radius 1 is 1.37 bits per heavy atom. The van der Waals surface area contributed by atoms with Crippen LogP contribution in [0.25, 0.3) is 0 Å². The number of rotatable bonds is 5. The monoisotopic (exact) mass is 261 g/mol. The minimum atomic E-state index is -0.194. The Kier molecular flexibility index (Phi) is 4.32. The Bertz CT molecular complexity index is 528. The summed E-state index contributed by atoms with van der Waals surface area (Å²) in [5.41, 5.74) is 2.91. The third-order valence-corrected chi connectivity index (χ3v) is 3.15. The zero-order valence-electron chi connectivity index (χ0n) is 11.7. The first-order chi connectivity index (χ1) is 9.11. The van der Waals surface area contributed by atoms with Crippen molar-refractivity contribution in [3.8, 4) is 0 Å². The van der Waals surface area contributed by atoms with Gasteiger partial charge in [0.25, 0.3) is 0 Å². The third kappa shape index (κ3) is 3.20. The molecule has 0 fully saturated rings. The van der Waals surface area contributed by atoms with Gasteiger partial charge in [0.1, 0.15) is 5.82 Å². The van der Waals surface area contributed by atoms with Crippen LogP contribution in [0.5, 0.6) is 0 Å². The summed E-state index contributed by atoms with van der Waals surface area (Å²) in [6, 6.07) is 5.13. The standard InChI is InChI=1S/C15H20FN3/c1-4-5-18-15(14-9-17-10-19(14)3)12-6-11(2)7-13(16)8-12/h6-10,15,18H,4-5H2,1-3H3. The minimum Gasteiger partial charge on any atom is -0.336 e. The second-order valence-electron chi connectivity index (χ2n) is 4.88. The average molecular weight is 261 g/mol. The predicted molar refractivity (Wildman–Crippen MR) is 74.5 cm³/mol. The van der Waals surface area contributed by atoms with Crippen LogP contribution in [0.3, 0.4) is 0 Å². The number of nitrogens with one attached hydrogen (secondary N) is 1. The van der Waals surface area contributed by atoms with E-state index in [1.54, 1.807) is 18.5 Å². The molecule has 0 spiro atoms. The molecule has 19 heavy (non-hydrogen) atoms. The molecule has 1 aromatic heterocycles. The van der Waals surface area contributed by atoms with Crippen molar-refractivity contribution in [3.63, 3.8) is 0 Å². The molecule has 0 radical (unpaired) electrons. The van der Waals surface area contributed by atoms with Gasteiger partial charge in [-0.25, -0.2) is 9.37 Å². The first kappa shape index (κ1) is 13.7. The van der Waals surface area contributed by atoms with E-state index in [1.807, 2.05) is 30.8 Å². The van der Waals surface area contributed by atoms with E-state index in [9.17, 15) is 4.39 Å². The molecule has 1 atom stereocenters. The summed E-state index contributed by atoms with van der Waals surface area (Å²) in [5, 5.41) is 3.46. The number of nitrogens with zero attached hydrogens (tertiary/aromatic N) is 2. The molecule has 1 aromatic carbocycles. The largest absolute Gasteiger partial charge is 0.336 e. The van der Waals surface area contributed by atoms with Gasteiger partial charge >= 0.3 is 0 Å². The van der Waals surface area contributed by atoms with Crippen LogP contribution >= 0.6 is 0 Å². The summed E-state index contributed by atoms with van der Waals surface area (Å²) >= 11 is 0. The topological polar surface area (TPSA) is 29.9 Å². The summed E-state index contributed by atoms with van der Waals surface area (Å²) in [6.07, 6.45) is 4.62. The van der Waals surface area contributed by atoms with Gasteiger partial charge < -0.3 is 9.88 Å². The highest BCUT2D eigenvalue weighted by molar-refractivity contribution is 5.31. The van der Waals surface area contributed by atoms with Crippen LogP contribution in [0.1, 0.15) is 36.2 Å². The molecule has 0 aliphatic rings. The van der Waals surface area contributed by atoms with E-state index >= 15 is 0 Å². The van der Waals surface area contributed by atoms with Gasteiger partial charge in [-0.2, -0.15) is 0 Å². The number of aryl methyl sites for hydroxylation is 2. The molecule has 2 rings (SSSR count). The molecule has 0 saturated heterocycles. The van der Waals surface area contributed by atoms with Crippen LogP contribution in [0.4, 0.5) is 4.39 Å². The van der Waals surface area contributed by atoms with Gasteiger partial charge in [-0.1, -0.05) is 13.0 Å². The zero-order valence-corrected chi connectivity index (χ0v) is 11.7. The predicted octanol–water partition coefficient (Wildman–Crippen LogP) is 2.96. The fourth-order valence-corrected chi connectivity index (χ4v) is 2.26. The van der Waals surface area contributed by atoms with Crippen molar-refractivity contribution in [2.24, 2.45) is 7.05 Å². The van der Waals surface area contributed by atoms with Crippen molar-refractivity contribution in [1.29, 1.82) is 0 Å². The molecular weight excluding hydrogens is 241 g/mol. The highest BCUT2D eigenvalue weighted by Gasteiger charge is 2.17. The Morgan fingerprint density at radius 2 is 2.16 bits per heavy atom. The van der Waals surface area contributed by atoms with E-state index in [0.717, 1.165) is 29.8 Å². The summed E-state index contributed by atoms with van der Waals surface area (Å²) in [5.74, 6) is -0.194. The molecule has 102 valence electrons. The quantitative estimate of drug-likeness (QED) is 0.896. The van der Waals surface area contributed by atoms with E-state index in [-0.39, 0.29) is 11.9 Å². The molecule has 0 bridgehead atoms. The number of aromatic nitrogens is 2. The van der Waals surface area contributed by atoms with Crippen LogP contribution in [0.15, 0.2) is 30.7 Å². The van der Waals surface area contributed by atoms with Crippen LogP contribution in [-0.2, 0) is 7.05 Å². The first-order valence-corrected chi connectivity index (χ1v) is 6.58. The van der Waals surface area contributed by atoms with Crippen LogP contribution < -0.4 is 5.32 Å². The van der Waals surface area contributed by atoms with E-state index in [1.165, 1.54) is 0 Å². The van der Waals surface area contributed by atoms with Crippen LogP contribution in [-0.4, -0.2) is 16.1 Å². The molecule has 2 aromatic rings. The fourth-order valence-electron chi connectivity index (χ4n) is 2.26. The Balaban J connectivity index is 2.39. The molecule has 1 N–H and O–H groups in total. The maximum absolute atomic E-state index is 13.6. The zero-order chi connectivity index (χ0) is 13.8. The molecule has 0 aliphatic heterocycles. The van der Waals surface area contributed by atoms with Gasteiger partial charge in [0, 0.05) is 7.05 Å². The van der Waals surface area contributed by atoms with E-state index in [2.05, 4.69) is 17.2 Å². The van der Waals surface area contributed by atoms with Crippen molar-refractivity contribution < 1.29 is 4.39 Å². The average Bonchev–Trinajstić information content (AvgIpc) is 2.75. The highest BCUT2D eigenvalue weighted by atomic mass is 19.1. The Hall–Kier alpha value is -1.68. The lowest BCUT2D eigenvalue weighted by molar-refractivity contribution is 0.561. The maximum Gasteiger partial charge on any atom is 0.123 e.